The second kappa shape index (κ2) is 4.35. The average Bonchev–Trinajstić information content (AvgIpc) is 2.17. The molecule has 4 nitrogen and oxygen atoms in total. The molecule has 1 amide bonds. The van der Waals surface area contributed by atoms with Gasteiger partial charge in [0.25, 0.3) is 5.91 Å². The van der Waals surface area contributed by atoms with Gasteiger partial charge in [0.1, 0.15) is 0 Å². The maximum absolute atomic E-state index is 13.1. The van der Waals surface area contributed by atoms with Crippen LogP contribution in [0.25, 0.3) is 0 Å². The molecule has 82 valence electrons. The number of rotatable bonds is 3. The van der Waals surface area contributed by atoms with Crippen LogP contribution in [0, 0.1) is 5.95 Å². The Morgan fingerprint density at radius 2 is 2.33 bits per heavy atom. The molecule has 1 heterocycles. The number of aliphatic hydroxyl groups is 1. The maximum Gasteiger partial charge on any atom is 0.256 e. The SMILES string of the molecule is CC(C)(CO)NC(=O)c1cccnc1F. The van der Waals surface area contributed by atoms with Crippen LogP contribution in [0.2, 0.25) is 0 Å². The summed E-state index contributed by atoms with van der Waals surface area (Å²) in [5.41, 5.74) is -0.904. The van der Waals surface area contributed by atoms with Gasteiger partial charge in [0, 0.05) is 6.20 Å². The molecule has 0 aliphatic heterocycles. The largest absolute Gasteiger partial charge is 0.394 e. The van der Waals surface area contributed by atoms with Gasteiger partial charge in [-0.15, -0.1) is 0 Å². The normalized spacial score (nSPS) is 11.2. The molecule has 0 radical (unpaired) electrons. The van der Waals surface area contributed by atoms with Gasteiger partial charge in [-0.25, -0.2) is 4.98 Å². The summed E-state index contributed by atoms with van der Waals surface area (Å²) in [4.78, 5) is 14.9. The lowest BCUT2D eigenvalue weighted by molar-refractivity contribution is 0.0864. The quantitative estimate of drug-likeness (QED) is 0.726. The molecular formula is C10H13FN2O2. The van der Waals surface area contributed by atoms with E-state index in [1.165, 1.54) is 18.3 Å². The summed E-state index contributed by atoms with van der Waals surface area (Å²) in [7, 11) is 0. The van der Waals surface area contributed by atoms with E-state index in [-0.39, 0.29) is 12.2 Å². The van der Waals surface area contributed by atoms with Crippen LogP contribution in [-0.2, 0) is 0 Å². The number of carbonyl (C=O) groups is 1. The van der Waals surface area contributed by atoms with Crippen LogP contribution < -0.4 is 5.32 Å². The maximum atomic E-state index is 13.1. The Morgan fingerprint density at radius 3 is 2.87 bits per heavy atom. The summed E-state index contributed by atoms with van der Waals surface area (Å²) in [6.07, 6.45) is 1.27. The lowest BCUT2D eigenvalue weighted by Crippen LogP contribution is -2.46. The van der Waals surface area contributed by atoms with Crippen LogP contribution in [0.1, 0.15) is 24.2 Å². The molecule has 0 bridgehead atoms. The zero-order valence-corrected chi connectivity index (χ0v) is 8.62. The zero-order valence-electron chi connectivity index (χ0n) is 8.62. The molecule has 1 aromatic rings. The first-order valence-corrected chi connectivity index (χ1v) is 4.50. The lowest BCUT2D eigenvalue weighted by Gasteiger charge is -2.23. The molecule has 0 atom stereocenters. The second-order valence-electron chi connectivity index (χ2n) is 3.84. The number of hydrogen-bond donors (Lipinski definition) is 2. The van der Waals surface area contributed by atoms with Crippen molar-refractivity contribution >= 4 is 5.91 Å². The minimum Gasteiger partial charge on any atom is -0.394 e. The summed E-state index contributed by atoms with van der Waals surface area (Å²) in [5, 5.41) is 11.4. The molecule has 0 aliphatic rings. The van der Waals surface area contributed by atoms with Crippen molar-refractivity contribution < 1.29 is 14.3 Å². The fourth-order valence-electron chi connectivity index (χ4n) is 0.970. The van der Waals surface area contributed by atoms with Gasteiger partial charge >= 0.3 is 0 Å². The number of carbonyl (C=O) groups excluding carboxylic acids is 1. The van der Waals surface area contributed by atoms with Crippen molar-refractivity contribution in [2.45, 2.75) is 19.4 Å². The van der Waals surface area contributed by atoms with Crippen molar-refractivity contribution in [2.24, 2.45) is 0 Å². The van der Waals surface area contributed by atoms with E-state index in [1.807, 2.05) is 0 Å². The smallest absolute Gasteiger partial charge is 0.256 e. The van der Waals surface area contributed by atoms with Crippen molar-refractivity contribution in [3.63, 3.8) is 0 Å². The second-order valence-corrected chi connectivity index (χ2v) is 3.84. The highest BCUT2D eigenvalue weighted by atomic mass is 19.1. The highest BCUT2D eigenvalue weighted by Gasteiger charge is 2.21. The summed E-state index contributed by atoms with van der Waals surface area (Å²) >= 11 is 0. The molecule has 5 heteroatoms. The Kier molecular flexibility index (Phi) is 3.36. The third-order valence-electron chi connectivity index (χ3n) is 1.85. The van der Waals surface area contributed by atoms with Crippen LogP contribution in [0.4, 0.5) is 4.39 Å². The van der Waals surface area contributed by atoms with Crippen LogP contribution >= 0.6 is 0 Å². The first-order valence-electron chi connectivity index (χ1n) is 4.50. The van der Waals surface area contributed by atoms with E-state index in [0.717, 1.165) is 0 Å². The number of amides is 1. The van der Waals surface area contributed by atoms with E-state index in [0.29, 0.717) is 0 Å². The molecule has 0 saturated carbocycles. The first-order chi connectivity index (χ1) is 6.96. The van der Waals surface area contributed by atoms with Crippen LogP contribution in [0.15, 0.2) is 18.3 Å². The number of aromatic nitrogens is 1. The van der Waals surface area contributed by atoms with Crippen LogP contribution in [-0.4, -0.2) is 28.1 Å². The Balaban J connectivity index is 2.83. The monoisotopic (exact) mass is 212 g/mol. The van der Waals surface area contributed by atoms with Crippen molar-refractivity contribution in [2.75, 3.05) is 6.61 Å². The molecule has 0 fully saturated rings. The number of hydrogen-bond acceptors (Lipinski definition) is 3. The Hall–Kier alpha value is -1.49. The Morgan fingerprint density at radius 1 is 1.67 bits per heavy atom. The number of aliphatic hydroxyl groups excluding tert-OH is 1. The van der Waals surface area contributed by atoms with Crippen LogP contribution in [0.5, 0.6) is 0 Å². The highest BCUT2D eigenvalue weighted by Crippen LogP contribution is 2.06. The molecular weight excluding hydrogens is 199 g/mol. The van der Waals surface area contributed by atoms with E-state index >= 15 is 0 Å². The first kappa shape index (κ1) is 11.6. The predicted molar refractivity (Wildman–Crippen MR) is 52.8 cm³/mol. The predicted octanol–water partition coefficient (Wildman–Crippen LogP) is 0.721. The van der Waals surface area contributed by atoms with E-state index in [1.54, 1.807) is 13.8 Å². The number of halogens is 1. The minimum atomic E-state index is -0.816. The minimum absolute atomic E-state index is 0.126. The van der Waals surface area contributed by atoms with Gasteiger partial charge in [-0.1, -0.05) is 0 Å². The van der Waals surface area contributed by atoms with E-state index < -0.39 is 17.4 Å². The van der Waals surface area contributed by atoms with E-state index in [2.05, 4.69) is 10.3 Å². The van der Waals surface area contributed by atoms with Crippen molar-refractivity contribution in [3.05, 3.63) is 29.8 Å². The lowest BCUT2D eigenvalue weighted by atomic mass is 10.1. The Labute approximate surface area is 87.1 Å². The number of nitrogens with zero attached hydrogens (tertiary/aromatic N) is 1. The molecule has 0 aromatic carbocycles. The number of pyridine rings is 1. The average molecular weight is 212 g/mol. The van der Waals surface area contributed by atoms with Gasteiger partial charge in [0.2, 0.25) is 5.95 Å². The third-order valence-corrected chi connectivity index (χ3v) is 1.85. The van der Waals surface area contributed by atoms with Gasteiger partial charge in [0.15, 0.2) is 0 Å². The van der Waals surface area contributed by atoms with Crippen molar-refractivity contribution in [1.29, 1.82) is 0 Å². The molecule has 0 spiro atoms. The third kappa shape index (κ3) is 2.99. The van der Waals surface area contributed by atoms with E-state index in [9.17, 15) is 9.18 Å². The Bertz CT molecular complexity index is 366. The summed E-state index contributed by atoms with van der Waals surface area (Å²) in [5.74, 6) is -1.40. The standard InChI is InChI=1S/C10H13FN2O2/c1-10(2,6-14)13-9(15)7-4-3-5-12-8(7)11/h3-5,14H,6H2,1-2H3,(H,13,15). The zero-order chi connectivity index (χ0) is 11.5. The molecule has 2 N–H and O–H groups in total. The fraction of sp³-hybridized carbons (Fsp3) is 0.400. The van der Waals surface area contributed by atoms with Gasteiger partial charge < -0.3 is 10.4 Å². The summed E-state index contributed by atoms with van der Waals surface area (Å²) in [6, 6.07) is 2.81. The summed E-state index contributed by atoms with van der Waals surface area (Å²) in [6.45, 7) is 3.05. The van der Waals surface area contributed by atoms with E-state index in [4.69, 9.17) is 5.11 Å². The van der Waals surface area contributed by atoms with Crippen molar-refractivity contribution in [1.82, 2.24) is 10.3 Å². The summed E-state index contributed by atoms with van der Waals surface area (Å²) < 4.78 is 13.1. The molecule has 0 saturated heterocycles. The highest BCUT2D eigenvalue weighted by molar-refractivity contribution is 5.94. The van der Waals surface area contributed by atoms with Crippen LogP contribution in [0.3, 0.4) is 0 Å². The van der Waals surface area contributed by atoms with Crippen molar-refractivity contribution in [3.8, 4) is 0 Å². The molecule has 1 rings (SSSR count). The van der Waals surface area contributed by atoms with Gasteiger partial charge in [-0.2, -0.15) is 4.39 Å². The van der Waals surface area contributed by atoms with Gasteiger partial charge in [-0.3, -0.25) is 4.79 Å². The number of nitrogens with one attached hydrogen (secondary N) is 1. The topological polar surface area (TPSA) is 62.2 Å². The molecule has 0 unspecified atom stereocenters. The molecule has 1 aromatic heterocycles. The fourth-order valence-corrected chi connectivity index (χ4v) is 0.970. The van der Waals surface area contributed by atoms with Gasteiger partial charge in [0.05, 0.1) is 17.7 Å². The van der Waals surface area contributed by atoms with Gasteiger partial charge in [-0.05, 0) is 26.0 Å². The molecule has 15 heavy (non-hydrogen) atoms. The molecule has 0 aliphatic carbocycles.